The number of nitrogens with zero attached hydrogens (tertiary/aromatic N) is 3. The molecule has 3 N–H and O–H groups in total. The summed E-state index contributed by atoms with van der Waals surface area (Å²) in [7, 11) is 3.39. The molecule has 1 amide bonds. The highest BCUT2D eigenvalue weighted by Gasteiger charge is 2.22. The van der Waals surface area contributed by atoms with Gasteiger partial charge < -0.3 is 15.8 Å². The molecule has 0 unspecified atom stereocenters. The third kappa shape index (κ3) is 3.85. The molecule has 0 saturated heterocycles. The van der Waals surface area contributed by atoms with Crippen molar-refractivity contribution in [2.45, 2.75) is 6.92 Å². The average molecular weight is 486 g/mol. The first kappa shape index (κ1) is 22.4. The van der Waals surface area contributed by atoms with Crippen LogP contribution in [0.3, 0.4) is 0 Å². The van der Waals surface area contributed by atoms with Gasteiger partial charge in [-0.1, -0.05) is 18.2 Å². The molecule has 176 valence electrons. The van der Waals surface area contributed by atoms with E-state index in [0.29, 0.717) is 32.2 Å². The van der Waals surface area contributed by atoms with Crippen molar-refractivity contribution in [3.63, 3.8) is 0 Å². The van der Waals surface area contributed by atoms with Gasteiger partial charge in [0.2, 0.25) is 0 Å². The summed E-state index contributed by atoms with van der Waals surface area (Å²) in [5.74, 6) is 0.319. The van der Waals surface area contributed by atoms with Crippen molar-refractivity contribution < 1.29 is 9.53 Å². The van der Waals surface area contributed by atoms with Crippen LogP contribution in [0.25, 0.3) is 27.2 Å². The van der Waals surface area contributed by atoms with Crippen LogP contribution < -0.4 is 21.3 Å². The number of nitrogens with two attached hydrogens (primary N) is 1. The summed E-state index contributed by atoms with van der Waals surface area (Å²) < 4.78 is 8.44. The number of anilines is 2. The Hall–Kier alpha value is -4.37. The van der Waals surface area contributed by atoms with Gasteiger partial charge in [0.15, 0.2) is 0 Å². The van der Waals surface area contributed by atoms with Crippen molar-refractivity contribution >= 4 is 38.8 Å². The van der Waals surface area contributed by atoms with E-state index in [1.807, 2.05) is 66.7 Å². The number of thiophene rings is 1. The van der Waals surface area contributed by atoms with Gasteiger partial charge >= 0.3 is 0 Å². The zero-order valence-electron chi connectivity index (χ0n) is 19.4. The molecular weight excluding hydrogens is 462 g/mol. The molecule has 9 heteroatoms. The first-order valence-corrected chi connectivity index (χ1v) is 11.7. The molecule has 5 aromatic rings. The SMILES string of the molecule is COc1ccc(-c2ccc3c(N)c(C(=O)Nc4c(C)n(C)n(-c5ccccc5)c4=O)sc3n2)cc1. The minimum absolute atomic E-state index is 0.213. The van der Waals surface area contributed by atoms with Gasteiger partial charge in [-0.15, -0.1) is 11.3 Å². The molecule has 5 rings (SSSR count). The molecule has 0 spiro atoms. The van der Waals surface area contributed by atoms with Crippen molar-refractivity contribution in [3.05, 3.63) is 87.7 Å². The highest BCUT2D eigenvalue weighted by atomic mass is 32.1. The molecule has 0 fully saturated rings. The molecule has 0 bridgehead atoms. The number of rotatable bonds is 5. The monoisotopic (exact) mass is 485 g/mol. The van der Waals surface area contributed by atoms with E-state index in [1.165, 1.54) is 16.0 Å². The van der Waals surface area contributed by atoms with Crippen LogP contribution in [-0.2, 0) is 7.05 Å². The summed E-state index contributed by atoms with van der Waals surface area (Å²) in [6.45, 7) is 1.79. The van der Waals surface area contributed by atoms with E-state index in [2.05, 4.69) is 5.32 Å². The summed E-state index contributed by atoms with van der Waals surface area (Å²) in [6.07, 6.45) is 0. The Morgan fingerprint density at radius 3 is 2.46 bits per heavy atom. The number of pyridine rings is 1. The Labute approximate surface area is 205 Å². The third-order valence-corrected chi connectivity index (χ3v) is 7.09. The number of nitrogen functional groups attached to an aromatic ring is 1. The maximum absolute atomic E-state index is 13.2. The molecule has 3 heterocycles. The molecule has 0 saturated carbocycles. The Bertz CT molecular complexity index is 1620. The molecule has 0 aliphatic heterocycles. The van der Waals surface area contributed by atoms with Gasteiger partial charge in [-0.2, -0.15) is 0 Å². The second-order valence-electron chi connectivity index (χ2n) is 8.01. The van der Waals surface area contributed by atoms with Gasteiger partial charge in [0.1, 0.15) is 21.1 Å². The number of methoxy groups -OCH3 is 1. The van der Waals surface area contributed by atoms with E-state index in [-0.39, 0.29) is 11.2 Å². The van der Waals surface area contributed by atoms with E-state index in [0.717, 1.165) is 17.0 Å². The lowest BCUT2D eigenvalue weighted by Gasteiger charge is -2.07. The largest absolute Gasteiger partial charge is 0.497 e. The summed E-state index contributed by atoms with van der Waals surface area (Å²) in [5, 5.41) is 3.48. The highest BCUT2D eigenvalue weighted by Crippen LogP contribution is 2.35. The topological polar surface area (TPSA) is 104 Å². The predicted octanol–water partition coefficient (Wildman–Crippen LogP) is 4.60. The van der Waals surface area contributed by atoms with E-state index < -0.39 is 5.91 Å². The summed E-state index contributed by atoms with van der Waals surface area (Å²) in [4.78, 5) is 32.0. The molecule has 2 aromatic carbocycles. The fourth-order valence-electron chi connectivity index (χ4n) is 3.97. The first-order chi connectivity index (χ1) is 16.9. The number of carbonyl (C=O) groups excluding carboxylic acids is 1. The van der Waals surface area contributed by atoms with Crippen molar-refractivity contribution in [2.24, 2.45) is 7.05 Å². The van der Waals surface area contributed by atoms with Gasteiger partial charge in [-0.3, -0.25) is 14.3 Å². The lowest BCUT2D eigenvalue weighted by Crippen LogP contribution is -2.22. The summed E-state index contributed by atoms with van der Waals surface area (Å²) >= 11 is 1.20. The zero-order chi connectivity index (χ0) is 24.7. The van der Waals surface area contributed by atoms with E-state index in [4.69, 9.17) is 15.5 Å². The first-order valence-electron chi connectivity index (χ1n) is 10.9. The number of carbonyl (C=O) groups is 1. The van der Waals surface area contributed by atoms with Crippen LogP contribution in [-0.4, -0.2) is 27.4 Å². The van der Waals surface area contributed by atoms with Crippen molar-refractivity contribution in [1.29, 1.82) is 0 Å². The fraction of sp³-hybridized carbons (Fsp3) is 0.115. The standard InChI is InChI=1S/C26H23N5O3S/c1-15-22(26(33)31(30(15)2)17-7-5-4-6-8-17)29-24(32)23-21(27)19-13-14-20(28-25(19)35-23)16-9-11-18(34-3)12-10-16/h4-14H,27H2,1-3H3,(H,29,32). The maximum Gasteiger partial charge on any atom is 0.295 e. The molecule has 35 heavy (non-hydrogen) atoms. The van der Waals surface area contributed by atoms with Crippen LogP contribution in [0, 0.1) is 6.92 Å². The lowest BCUT2D eigenvalue weighted by molar-refractivity contribution is 0.103. The molecule has 0 aliphatic carbocycles. The minimum Gasteiger partial charge on any atom is -0.497 e. The predicted molar refractivity (Wildman–Crippen MR) is 140 cm³/mol. The van der Waals surface area contributed by atoms with Crippen LogP contribution in [0.1, 0.15) is 15.4 Å². The molecule has 3 aromatic heterocycles. The lowest BCUT2D eigenvalue weighted by atomic mass is 10.1. The van der Waals surface area contributed by atoms with E-state index in [9.17, 15) is 9.59 Å². The molecule has 0 atom stereocenters. The summed E-state index contributed by atoms with van der Waals surface area (Å²) in [6, 6.07) is 20.6. The number of nitrogens with one attached hydrogen (secondary N) is 1. The van der Waals surface area contributed by atoms with Gasteiger partial charge in [-0.25, -0.2) is 9.67 Å². The number of ether oxygens (including phenoxy) is 1. The number of hydrogen-bond acceptors (Lipinski definition) is 6. The molecule has 0 aliphatic rings. The zero-order valence-corrected chi connectivity index (χ0v) is 20.2. The van der Waals surface area contributed by atoms with Crippen LogP contribution in [0.2, 0.25) is 0 Å². The number of amides is 1. The number of fused-ring (bicyclic) bond motifs is 1. The Morgan fingerprint density at radius 1 is 1.06 bits per heavy atom. The normalized spacial score (nSPS) is 11.1. The highest BCUT2D eigenvalue weighted by molar-refractivity contribution is 7.21. The second kappa shape index (κ2) is 8.77. The van der Waals surface area contributed by atoms with Gasteiger partial charge in [0, 0.05) is 18.0 Å². The smallest absolute Gasteiger partial charge is 0.295 e. The Morgan fingerprint density at radius 2 is 1.77 bits per heavy atom. The van der Waals surface area contributed by atoms with Gasteiger partial charge in [-0.05, 0) is 55.5 Å². The minimum atomic E-state index is -0.442. The van der Waals surface area contributed by atoms with Crippen LogP contribution >= 0.6 is 11.3 Å². The second-order valence-corrected chi connectivity index (χ2v) is 9.01. The van der Waals surface area contributed by atoms with Crippen molar-refractivity contribution in [3.8, 4) is 22.7 Å². The maximum atomic E-state index is 13.2. The number of hydrogen-bond donors (Lipinski definition) is 2. The number of aromatic nitrogens is 3. The Balaban J connectivity index is 1.49. The quantitative estimate of drug-likeness (QED) is 0.379. The van der Waals surface area contributed by atoms with Gasteiger partial charge in [0.25, 0.3) is 11.5 Å². The van der Waals surface area contributed by atoms with Crippen LogP contribution in [0.15, 0.2) is 71.5 Å². The number of benzene rings is 2. The average Bonchev–Trinajstić information content (AvgIpc) is 3.32. The molecular formula is C26H23N5O3S. The van der Waals surface area contributed by atoms with Crippen molar-refractivity contribution in [1.82, 2.24) is 14.3 Å². The van der Waals surface area contributed by atoms with E-state index in [1.54, 1.807) is 25.8 Å². The van der Waals surface area contributed by atoms with Crippen LogP contribution in [0.5, 0.6) is 5.75 Å². The molecule has 8 nitrogen and oxygen atoms in total. The fourth-order valence-corrected chi connectivity index (χ4v) is 4.96. The summed E-state index contributed by atoms with van der Waals surface area (Å²) in [5.41, 5.74) is 9.59. The van der Waals surface area contributed by atoms with E-state index >= 15 is 0 Å². The van der Waals surface area contributed by atoms with Crippen molar-refractivity contribution in [2.75, 3.05) is 18.2 Å². The number of para-hydroxylation sites is 1. The third-order valence-electron chi connectivity index (χ3n) is 5.98. The Kier molecular flexibility index (Phi) is 5.62. The van der Waals surface area contributed by atoms with Crippen LogP contribution in [0.4, 0.5) is 11.4 Å². The molecule has 0 radical (unpaired) electrons. The van der Waals surface area contributed by atoms with Gasteiger partial charge in [0.05, 0.1) is 29.9 Å².